The molecule has 1 unspecified atom stereocenters. The van der Waals surface area contributed by atoms with Gasteiger partial charge in [0.1, 0.15) is 23.3 Å². The summed E-state index contributed by atoms with van der Waals surface area (Å²) in [5, 5.41) is 5.97. The highest BCUT2D eigenvalue weighted by atomic mass is 16.5. The van der Waals surface area contributed by atoms with Crippen molar-refractivity contribution >= 4 is 11.6 Å². The van der Waals surface area contributed by atoms with Gasteiger partial charge < -0.3 is 18.3 Å². The molecule has 0 spiro atoms. The molecule has 1 aliphatic rings. The zero-order valence-electron chi connectivity index (χ0n) is 14.9. The Morgan fingerprint density at radius 3 is 2.37 bits per heavy atom. The first-order chi connectivity index (χ1) is 13.2. The fourth-order valence-electron chi connectivity index (χ4n) is 3.06. The van der Waals surface area contributed by atoms with Crippen LogP contribution in [0.3, 0.4) is 0 Å². The number of furan rings is 2. The van der Waals surface area contributed by atoms with Gasteiger partial charge in [0.15, 0.2) is 5.76 Å². The molecule has 2 aromatic heterocycles. The summed E-state index contributed by atoms with van der Waals surface area (Å²) in [6.45, 7) is 0. The summed E-state index contributed by atoms with van der Waals surface area (Å²) in [5.74, 6) is 1.85. The van der Waals surface area contributed by atoms with Crippen molar-refractivity contribution < 1.29 is 23.1 Å². The van der Waals surface area contributed by atoms with E-state index >= 15 is 0 Å². The molecular formula is C20H18N2O5. The Morgan fingerprint density at radius 2 is 1.78 bits per heavy atom. The van der Waals surface area contributed by atoms with Crippen LogP contribution in [0.25, 0.3) is 0 Å². The van der Waals surface area contributed by atoms with Gasteiger partial charge in [0.05, 0.1) is 32.5 Å². The predicted molar refractivity (Wildman–Crippen MR) is 97.0 cm³/mol. The van der Waals surface area contributed by atoms with Gasteiger partial charge >= 0.3 is 5.91 Å². The maximum atomic E-state index is 12.9. The Morgan fingerprint density at radius 1 is 1.07 bits per heavy atom. The molecule has 3 heterocycles. The van der Waals surface area contributed by atoms with Gasteiger partial charge in [0, 0.05) is 18.1 Å². The molecular weight excluding hydrogens is 348 g/mol. The summed E-state index contributed by atoms with van der Waals surface area (Å²) in [6.07, 6.45) is 3.54. The molecule has 3 aromatic rings. The van der Waals surface area contributed by atoms with E-state index in [0.29, 0.717) is 23.7 Å². The fraction of sp³-hybridized carbons (Fsp3) is 0.200. The Labute approximate surface area is 155 Å². The summed E-state index contributed by atoms with van der Waals surface area (Å²) >= 11 is 0. The number of hydrazone groups is 1. The molecule has 1 amide bonds. The van der Waals surface area contributed by atoms with Crippen molar-refractivity contribution in [3.8, 4) is 11.5 Å². The average Bonchev–Trinajstić information content (AvgIpc) is 3.47. The summed E-state index contributed by atoms with van der Waals surface area (Å²) in [7, 11) is 3.18. The summed E-state index contributed by atoms with van der Waals surface area (Å²) < 4.78 is 21.5. The number of hydrogen-bond donors (Lipinski definition) is 0. The third-order valence-electron chi connectivity index (χ3n) is 4.41. The van der Waals surface area contributed by atoms with Gasteiger partial charge in [0.2, 0.25) is 0 Å². The van der Waals surface area contributed by atoms with Crippen molar-refractivity contribution in [3.05, 3.63) is 72.1 Å². The molecule has 138 valence electrons. The molecule has 7 heteroatoms. The minimum absolute atomic E-state index is 0.222. The van der Waals surface area contributed by atoms with E-state index in [4.69, 9.17) is 18.3 Å². The molecule has 0 saturated heterocycles. The van der Waals surface area contributed by atoms with E-state index < -0.39 is 0 Å². The summed E-state index contributed by atoms with van der Waals surface area (Å²) in [5.41, 5.74) is 1.55. The molecule has 0 saturated carbocycles. The molecule has 0 radical (unpaired) electrons. The van der Waals surface area contributed by atoms with E-state index in [1.165, 1.54) is 11.3 Å². The van der Waals surface area contributed by atoms with E-state index in [-0.39, 0.29) is 17.7 Å². The van der Waals surface area contributed by atoms with E-state index in [2.05, 4.69) is 5.10 Å². The monoisotopic (exact) mass is 366 g/mol. The zero-order chi connectivity index (χ0) is 18.8. The quantitative estimate of drug-likeness (QED) is 0.685. The lowest BCUT2D eigenvalue weighted by Gasteiger charge is -2.18. The van der Waals surface area contributed by atoms with Crippen LogP contribution < -0.4 is 9.47 Å². The zero-order valence-corrected chi connectivity index (χ0v) is 14.9. The topological polar surface area (TPSA) is 77.4 Å². The number of hydrogen-bond acceptors (Lipinski definition) is 6. The second kappa shape index (κ2) is 7.03. The van der Waals surface area contributed by atoms with Crippen molar-refractivity contribution in [2.45, 2.75) is 12.5 Å². The van der Waals surface area contributed by atoms with Gasteiger partial charge in [-0.15, -0.1) is 0 Å². The van der Waals surface area contributed by atoms with Crippen LogP contribution in [0.4, 0.5) is 0 Å². The predicted octanol–water partition coefficient (Wildman–Crippen LogP) is 3.88. The number of ether oxygens (including phenoxy) is 2. The highest BCUT2D eigenvalue weighted by Gasteiger charge is 2.36. The van der Waals surface area contributed by atoms with Crippen molar-refractivity contribution in [2.24, 2.45) is 5.10 Å². The second-order valence-electron chi connectivity index (χ2n) is 6.01. The van der Waals surface area contributed by atoms with Crippen LogP contribution in [0.5, 0.6) is 11.5 Å². The van der Waals surface area contributed by atoms with Gasteiger partial charge in [0.25, 0.3) is 0 Å². The first kappa shape index (κ1) is 17.0. The molecule has 7 nitrogen and oxygen atoms in total. The molecule has 0 fully saturated rings. The van der Waals surface area contributed by atoms with E-state index in [9.17, 15) is 4.79 Å². The molecule has 27 heavy (non-hydrogen) atoms. The fourth-order valence-corrected chi connectivity index (χ4v) is 3.06. The van der Waals surface area contributed by atoms with E-state index in [1.807, 2.05) is 18.2 Å². The van der Waals surface area contributed by atoms with Crippen LogP contribution in [0.2, 0.25) is 0 Å². The van der Waals surface area contributed by atoms with Gasteiger partial charge in [-0.05, 0) is 36.4 Å². The number of benzene rings is 1. The summed E-state index contributed by atoms with van der Waals surface area (Å²) in [6, 6.07) is 12.1. The normalized spacial score (nSPS) is 16.3. The third-order valence-corrected chi connectivity index (χ3v) is 4.41. The number of carbonyl (C=O) groups excluding carboxylic acids is 1. The molecule has 0 aliphatic carbocycles. The van der Waals surface area contributed by atoms with Crippen LogP contribution in [0.15, 0.2) is 68.9 Å². The van der Waals surface area contributed by atoms with Crippen LogP contribution in [0.1, 0.15) is 34.3 Å². The molecule has 1 aliphatic heterocycles. The number of rotatable bonds is 5. The minimum Gasteiger partial charge on any atom is -0.497 e. The van der Waals surface area contributed by atoms with Gasteiger partial charge in [-0.25, -0.2) is 5.01 Å². The van der Waals surface area contributed by atoms with Gasteiger partial charge in [-0.3, -0.25) is 4.79 Å². The first-order valence-corrected chi connectivity index (χ1v) is 8.41. The maximum Gasteiger partial charge on any atom is 0.310 e. The lowest BCUT2D eigenvalue weighted by molar-refractivity contribution is 0.0660. The van der Waals surface area contributed by atoms with E-state index in [1.54, 1.807) is 44.7 Å². The Bertz CT molecular complexity index is 938. The van der Waals surface area contributed by atoms with Crippen LogP contribution in [0, 0.1) is 0 Å². The number of methoxy groups -OCH3 is 2. The van der Waals surface area contributed by atoms with Gasteiger partial charge in [-0.2, -0.15) is 5.10 Å². The molecule has 1 aromatic carbocycles. The first-order valence-electron chi connectivity index (χ1n) is 8.41. The SMILES string of the molecule is COc1cc(OC)cc(C2=NN(C(=O)c3ccco3)C(c3ccco3)C2)c1. The highest BCUT2D eigenvalue weighted by molar-refractivity contribution is 6.05. The average molecular weight is 366 g/mol. The second-order valence-corrected chi connectivity index (χ2v) is 6.01. The molecule has 0 N–H and O–H groups in total. The maximum absolute atomic E-state index is 12.9. The number of nitrogens with zero attached hydrogens (tertiary/aromatic N) is 2. The van der Waals surface area contributed by atoms with Crippen molar-refractivity contribution in [2.75, 3.05) is 14.2 Å². The molecule has 0 bridgehead atoms. The molecule has 4 rings (SSSR count). The number of carbonyl (C=O) groups is 1. The Hall–Kier alpha value is -3.48. The largest absolute Gasteiger partial charge is 0.497 e. The van der Waals surface area contributed by atoms with Gasteiger partial charge in [-0.1, -0.05) is 0 Å². The van der Waals surface area contributed by atoms with Crippen molar-refractivity contribution in [3.63, 3.8) is 0 Å². The molecule has 1 atom stereocenters. The van der Waals surface area contributed by atoms with Crippen molar-refractivity contribution in [1.82, 2.24) is 5.01 Å². The highest BCUT2D eigenvalue weighted by Crippen LogP contribution is 2.35. The van der Waals surface area contributed by atoms with E-state index in [0.717, 1.165) is 11.3 Å². The third kappa shape index (κ3) is 3.19. The standard InChI is InChI=1S/C20H18N2O5/c1-24-14-9-13(10-15(11-14)25-2)16-12-17(18-5-3-7-26-18)22(21-16)20(23)19-6-4-8-27-19/h3-11,17H,12H2,1-2H3. The Balaban J connectivity index is 1.74. The summed E-state index contributed by atoms with van der Waals surface area (Å²) in [4.78, 5) is 12.9. The van der Waals surface area contributed by atoms with Crippen LogP contribution >= 0.6 is 0 Å². The van der Waals surface area contributed by atoms with Crippen LogP contribution in [-0.2, 0) is 0 Å². The lowest BCUT2D eigenvalue weighted by atomic mass is 10.0. The minimum atomic E-state index is -0.357. The smallest absolute Gasteiger partial charge is 0.310 e. The van der Waals surface area contributed by atoms with Crippen LogP contribution in [-0.4, -0.2) is 30.8 Å². The van der Waals surface area contributed by atoms with Crippen molar-refractivity contribution in [1.29, 1.82) is 0 Å². The Kier molecular flexibility index (Phi) is 4.42. The number of amides is 1. The lowest BCUT2D eigenvalue weighted by Crippen LogP contribution is -2.26.